The van der Waals surface area contributed by atoms with E-state index in [1.54, 1.807) is 6.08 Å². The number of hydrogen-bond acceptors (Lipinski definition) is 10. The molecule has 11 nitrogen and oxygen atoms in total. The number of carbonyl (C=O) groups is 2. The van der Waals surface area contributed by atoms with Crippen LogP contribution in [0.4, 0.5) is 0 Å². The fraction of sp³-hybridized carbons (Fsp3) is 0.857. The smallest absolute Gasteiger partial charge is 0.305 e. The fourth-order valence-corrected chi connectivity index (χ4v) is 10.8. The Morgan fingerprint density at radius 1 is 0.469 bits per heavy atom. The number of allylic oxidation sites excluding steroid dienone is 7. The lowest BCUT2D eigenvalue weighted by Crippen LogP contribution is -2.60. The molecule has 0 aliphatic carbocycles. The first-order valence-electron chi connectivity index (χ1n) is 34.4. The van der Waals surface area contributed by atoms with Crippen LogP contribution in [0.25, 0.3) is 0 Å². The number of unbranched alkanes of at least 4 members (excludes halogenated alkanes) is 41. The van der Waals surface area contributed by atoms with Gasteiger partial charge >= 0.3 is 5.97 Å². The topological polar surface area (TPSA) is 175 Å². The van der Waals surface area contributed by atoms with Crippen LogP contribution in [0.5, 0.6) is 0 Å². The molecule has 0 aromatic rings. The maximum Gasteiger partial charge on any atom is 0.305 e. The zero-order valence-electron chi connectivity index (χ0n) is 52.5. The Balaban J connectivity index is 1.93. The second-order valence-electron chi connectivity index (χ2n) is 23.9. The van der Waals surface area contributed by atoms with E-state index in [0.29, 0.717) is 19.4 Å². The predicted octanol–water partition coefficient (Wildman–Crippen LogP) is 17.2. The number of nitrogens with one attached hydrogen (secondary N) is 1. The molecule has 1 rings (SSSR count). The summed E-state index contributed by atoms with van der Waals surface area (Å²) in [5.41, 5.74) is 0. The van der Waals surface area contributed by atoms with Crippen LogP contribution in [0.2, 0.25) is 0 Å². The molecule has 7 unspecified atom stereocenters. The van der Waals surface area contributed by atoms with E-state index in [1.807, 2.05) is 19.1 Å². The molecule has 1 saturated heterocycles. The van der Waals surface area contributed by atoms with Gasteiger partial charge in [-0.25, -0.2) is 0 Å². The zero-order chi connectivity index (χ0) is 58.7. The van der Waals surface area contributed by atoms with E-state index in [1.165, 1.54) is 225 Å². The minimum absolute atomic E-state index is 0.00801. The first-order chi connectivity index (χ1) is 39.7. The molecule has 11 heteroatoms. The van der Waals surface area contributed by atoms with Crippen LogP contribution in [-0.4, -0.2) is 100 Å². The van der Waals surface area contributed by atoms with Gasteiger partial charge in [0, 0.05) is 12.8 Å². The average molecular weight is 1140 g/mol. The van der Waals surface area contributed by atoms with Gasteiger partial charge < -0.3 is 45.1 Å². The third-order valence-corrected chi connectivity index (χ3v) is 16.2. The highest BCUT2D eigenvalue weighted by molar-refractivity contribution is 5.76. The van der Waals surface area contributed by atoms with Crippen molar-refractivity contribution in [3.63, 3.8) is 0 Å². The van der Waals surface area contributed by atoms with Crippen LogP contribution in [0, 0.1) is 0 Å². The molecule has 0 spiro atoms. The third kappa shape index (κ3) is 48.5. The van der Waals surface area contributed by atoms with E-state index in [9.17, 15) is 35.1 Å². The van der Waals surface area contributed by atoms with Crippen molar-refractivity contribution in [2.45, 2.75) is 365 Å². The number of ether oxygens (including phenoxy) is 3. The van der Waals surface area contributed by atoms with E-state index in [4.69, 9.17) is 14.2 Å². The van der Waals surface area contributed by atoms with Crippen molar-refractivity contribution in [3.8, 4) is 0 Å². The highest BCUT2D eigenvalue weighted by atomic mass is 16.7. The van der Waals surface area contributed by atoms with Gasteiger partial charge in [0.1, 0.15) is 24.4 Å². The van der Waals surface area contributed by atoms with Gasteiger partial charge in [-0.15, -0.1) is 0 Å². The van der Waals surface area contributed by atoms with Crippen molar-refractivity contribution in [2.24, 2.45) is 0 Å². The summed E-state index contributed by atoms with van der Waals surface area (Å²) in [6, 6.07) is -0.835. The van der Waals surface area contributed by atoms with E-state index in [0.717, 1.165) is 70.6 Å². The molecular weight excluding hydrogens is 1010 g/mol. The van der Waals surface area contributed by atoms with Crippen molar-refractivity contribution in [1.29, 1.82) is 0 Å². The van der Waals surface area contributed by atoms with Crippen molar-refractivity contribution < 1.29 is 49.3 Å². The van der Waals surface area contributed by atoms with Gasteiger partial charge in [0.2, 0.25) is 5.91 Å². The van der Waals surface area contributed by atoms with E-state index < -0.39 is 49.5 Å². The van der Waals surface area contributed by atoms with Crippen LogP contribution in [0.3, 0.4) is 0 Å². The number of aliphatic hydroxyl groups excluding tert-OH is 5. The summed E-state index contributed by atoms with van der Waals surface area (Å²) in [7, 11) is 0. The maximum absolute atomic E-state index is 13.0. The Morgan fingerprint density at radius 2 is 0.852 bits per heavy atom. The van der Waals surface area contributed by atoms with Gasteiger partial charge in [-0.05, 0) is 77.6 Å². The molecule has 0 bridgehead atoms. The van der Waals surface area contributed by atoms with Gasteiger partial charge in [0.25, 0.3) is 0 Å². The van der Waals surface area contributed by atoms with Crippen molar-refractivity contribution in [2.75, 3.05) is 19.8 Å². The molecule has 1 amide bonds. The number of amides is 1. The summed E-state index contributed by atoms with van der Waals surface area (Å²) in [6.45, 7) is 4.11. The molecule has 0 radical (unpaired) electrons. The maximum atomic E-state index is 13.0. The standard InChI is InChI=1S/C70H129NO10/c1-3-5-7-9-11-13-14-15-16-17-29-32-35-38-42-46-50-54-58-66(75)79-59-55-51-47-43-39-36-33-30-27-25-23-21-19-18-20-22-24-26-28-31-34-37-41-45-49-53-57-65(74)71-62(63(73)56-52-48-44-40-12-10-8-6-4-2)61-80-70-69(78)68(77)67(76)64(60-72)81-70/h4,6,12,18,20,40,52,56,62-64,67-70,72-73,76-78H,3,5,7-11,13-17,19,21-39,41-51,53-55,57-61H2,1-2H3,(H,71,74)/b6-4+,20-18-,40-12+,56-52+. The number of aliphatic hydroxyl groups is 5. The van der Waals surface area contributed by atoms with Gasteiger partial charge in [-0.2, -0.15) is 0 Å². The monoisotopic (exact) mass is 1140 g/mol. The lowest BCUT2D eigenvalue weighted by atomic mass is 9.99. The van der Waals surface area contributed by atoms with Crippen LogP contribution in [0.1, 0.15) is 322 Å². The molecule has 0 saturated carbocycles. The Labute approximate surface area is 497 Å². The third-order valence-electron chi connectivity index (χ3n) is 16.2. The molecule has 6 N–H and O–H groups in total. The average Bonchev–Trinajstić information content (AvgIpc) is 3.47. The summed E-state index contributed by atoms with van der Waals surface area (Å²) in [4.78, 5) is 25.1. The largest absolute Gasteiger partial charge is 0.466 e. The zero-order valence-corrected chi connectivity index (χ0v) is 52.5. The van der Waals surface area contributed by atoms with Crippen molar-refractivity contribution in [1.82, 2.24) is 5.32 Å². The Hall–Kier alpha value is -2.38. The second-order valence-corrected chi connectivity index (χ2v) is 23.9. The molecule has 1 aliphatic rings. The van der Waals surface area contributed by atoms with Gasteiger partial charge in [-0.1, -0.05) is 280 Å². The van der Waals surface area contributed by atoms with E-state index in [2.05, 4.69) is 42.6 Å². The molecule has 1 fully saturated rings. The molecule has 1 heterocycles. The van der Waals surface area contributed by atoms with Gasteiger partial charge in [-0.3, -0.25) is 9.59 Å². The van der Waals surface area contributed by atoms with Crippen LogP contribution in [-0.2, 0) is 23.8 Å². The summed E-state index contributed by atoms with van der Waals surface area (Å²) in [5, 5.41) is 54.2. The lowest BCUT2D eigenvalue weighted by Gasteiger charge is -2.40. The number of rotatable bonds is 60. The Kier molecular flexibility index (Phi) is 56.2. The number of esters is 1. The Bertz CT molecular complexity index is 1480. The molecule has 0 aromatic heterocycles. The highest BCUT2D eigenvalue weighted by Gasteiger charge is 2.44. The summed E-state index contributed by atoms with van der Waals surface area (Å²) < 4.78 is 16.7. The minimum Gasteiger partial charge on any atom is -0.466 e. The van der Waals surface area contributed by atoms with E-state index >= 15 is 0 Å². The first kappa shape index (κ1) is 76.6. The quantitative estimate of drug-likeness (QED) is 0.0195. The normalized spacial score (nSPS) is 18.5. The van der Waals surface area contributed by atoms with Crippen molar-refractivity contribution in [3.05, 3.63) is 48.6 Å². The van der Waals surface area contributed by atoms with Crippen LogP contribution >= 0.6 is 0 Å². The summed E-state index contributed by atoms with van der Waals surface area (Å²) in [6.07, 6.45) is 67.1. The summed E-state index contributed by atoms with van der Waals surface area (Å²) >= 11 is 0. The molecule has 0 aromatic carbocycles. The van der Waals surface area contributed by atoms with E-state index in [-0.39, 0.29) is 18.5 Å². The highest BCUT2D eigenvalue weighted by Crippen LogP contribution is 2.23. The number of hydrogen-bond donors (Lipinski definition) is 6. The van der Waals surface area contributed by atoms with Gasteiger partial charge in [0.15, 0.2) is 6.29 Å². The summed E-state index contributed by atoms with van der Waals surface area (Å²) in [5.74, 6) is -0.193. The first-order valence-corrected chi connectivity index (χ1v) is 34.4. The Morgan fingerprint density at radius 3 is 1.30 bits per heavy atom. The SMILES string of the molecule is C/C=C/CC/C=C/CC/C=C/C(O)C(COC1OC(CO)C(O)C(O)C1O)NC(=O)CCCCCCCCCCCC/C=C\CCCCCCCCCCCCCCOC(=O)CCCCCCCCCCCCCCCCCCCC. The van der Waals surface area contributed by atoms with Gasteiger partial charge in [0.05, 0.1) is 32.0 Å². The fourth-order valence-electron chi connectivity index (χ4n) is 10.8. The molecule has 81 heavy (non-hydrogen) atoms. The predicted molar refractivity (Wildman–Crippen MR) is 338 cm³/mol. The molecule has 7 atom stereocenters. The minimum atomic E-state index is -1.58. The molecule has 1 aliphatic heterocycles. The molecular formula is C70H129NO10. The lowest BCUT2D eigenvalue weighted by molar-refractivity contribution is -0.302. The van der Waals surface area contributed by atoms with Crippen molar-refractivity contribution >= 4 is 11.9 Å². The second kappa shape index (κ2) is 59.4. The van der Waals surface area contributed by atoms with Crippen LogP contribution in [0.15, 0.2) is 48.6 Å². The van der Waals surface area contributed by atoms with Crippen LogP contribution < -0.4 is 5.32 Å². The molecule has 474 valence electrons. The number of carbonyl (C=O) groups excluding carboxylic acids is 2.